The van der Waals surface area contributed by atoms with Crippen molar-refractivity contribution >= 4 is 15.9 Å². The molecule has 0 amide bonds. The predicted molar refractivity (Wildman–Crippen MR) is 66.2 cm³/mol. The van der Waals surface area contributed by atoms with E-state index in [4.69, 9.17) is 14.9 Å². The van der Waals surface area contributed by atoms with E-state index in [2.05, 4.69) is 15.9 Å². The van der Waals surface area contributed by atoms with Crippen LogP contribution in [0.5, 0.6) is 0 Å². The molecule has 0 aliphatic carbocycles. The second kappa shape index (κ2) is 5.84. The Morgan fingerprint density at radius 1 is 1.50 bits per heavy atom. The van der Waals surface area contributed by atoms with E-state index in [9.17, 15) is 0 Å². The van der Waals surface area contributed by atoms with Crippen LogP contribution in [0.25, 0.3) is 0 Å². The molecule has 1 fully saturated rings. The zero-order valence-corrected chi connectivity index (χ0v) is 10.9. The third-order valence-electron chi connectivity index (χ3n) is 3.06. The maximum absolute atomic E-state index is 6.08. The van der Waals surface area contributed by atoms with Crippen LogP contribution < -0.4 is 5.73 Å². The molecule has 1 saturated heterocycles. The first-order valence-electron chi connectivity index (χ1n) is 5.87. The van der Waals surface area contributed by atoms with Crippen LogP contribution in [0.2, 0.25) is 0 Å². The predicted octanol–water partition coefficient (Wildman–Crippen LogP) is 3.39. The van der Waals surface area contributed by atoms with Crippen LogP contribution in [0.4, 0.5) is 0 Å². The van der Waals surface area contributed by atoms with Crippen molar-refractivity contribution in [2.75, 3.05) is 6.61 Å². The largest absolute Gasteiger partial charge is 0.466 e. The molecule has 3 nitrogen and oxygen atoms in total. The van der Waals surface area contributed by atoms with Crippen LogP contribution in [0, 0.1) is 0 Å². The first-order valence-corrected chi connectivity index (χ1v) is 6.66. The van der Waals surface area contributed by atoms with E-state index in [-0.39, 0.29) is 6.04 Å². The highest BCUT2D eigenvalue weighted by atomic mass is 79.9. The number of hydrogen-bond donors (Lipinski definition) is 1. The van der Waals surface area contributed by atoms with Crippen LogP contribution >= 0.6 is 15.9 Å². The van der Waals surface area contributed by atoms with E-state index in [0.717, 1.165) is 29.7 Å². The minimum Gasteiger partial charge on any atom is -0.466 e. The molecule has 2 rings (SSSR count). The molecule has 1 aliphatic heterocycles. The molecule has 16 heavy (non-hydrogen) atoms. The van der Waals surface area contributed by atoms with Crippen molar-refractivity contribution in [3.05, 3.63) is 22.6 Å². The molecule has 0 aromatic carbocycles. The van der Waals surface area contributed by atoms with Gasteiger partial charge in [0.05, 0.1) is 22.9 Å². The maximum Gasteiger partial charge on any atom is 0.134 e. The fourth-order valence-corrected chi connectivity index (χ4v) is 2.60. The Labute approximate surface area is 104 Å². The van der Waals surface area contributed by atoms with Gasteiger partial charge in [0.1, 0.15) is 5.76 Å². The summed E-state index contributed by atoms with van der Waals surface area (Å²) in [6.07, 6.45) is 7.65. The van der Waals surface area contributed by atoms with Crippen molar-refractivity contribution in [1.29, 1.82) is 0 Å². The normalized spacial score (nSPS) is 23.2. The fraction of sp³-hybridized carbons (Fsp3) is 0.667. The molecule has 0 radical (unpaired) electrons. The van der Waals surface area contributed by atoms with Gasteiger partial charge in [-0.1, -0.05) is 0 Å². The minimum absolute atomic E-state index is 0.0325. The van der Waals surface area contributed by atoms with Gasteiger partial charge in [-0.15, -0.1) is 0 Å². The zero-order valence-electron chi connectivity index (χ0n) is 9.32. The Bertz CT molecular complexity index is 321. The highest BCUT2D eigenvalue weighted by Crippen LogP contribution is 2.27. The molecular weight excluding hydrogens is 270 g/mol. The molecular formula is C12H18BrNO2. The summed E-state index contributed by atoms with van der Waals surface area (Å²) < 4.78 is 12.0. The maximum atomic E-state index is 6.08. The van der Waals surface area contributed by atoms with E-state index in [0.29, 0.717) is 6.10 Å². The van der Waals surface area contributed by atoms with Crippen LogP contribution in [0.15, 0.2) is 21.2 Å². The first kappa shape index (κ1) is 12.1. The quantitative estimate of drug-likeness (QED) is 0.923. The summed E-state index contributed by atoms with van der Waals surface area (Å²) in [5.41, 5.74) is 6.08. The zero-order chi connectivity index (χ0) is 11.4. The minimum atomic E-state index is -0.0325. The Balaban J connectivity index is 1.79. The van der Waals surface area contributed by atoms with E-state index >= 15 is 0 Å². The molecule has 1 aliphatic rings. The van der Waals surface area contributed by atoms with Gasteiger partial charge in [-0.25, -0.2) is 0 Å². The first-order chi connectivity index (χ1) is 7.77. The van der Waals surface area contributed by atoms with Gasteiger partial charge in [0.2, 0.25) is 0 Å². The summed E-state index contributed by atoms with van der Waals surface area (Å²) in [6.45, 7) is 0.907. The van der Waals surface area contributed by atoms with Crippen molar-refractivity contribution in [2.24, 2.45) is 5.73 Å². The number of rotatable bonds is 4. The third kappa shape index (κ3) is 3.09. The summed E-state index contributed by atoms with van der Waals surface area (Å²) in [7, 11) is 0. The summed E-state index contributed by atoms with van der Waals surface area (Å²) in [5, 5.41) is 0. The highest BCUT2D eigenvalue weighted by Gasteiger charge is 2.18. The Hall–Kier alpha value is -0.320. The molecule has 0 spiro atoms. The third-order valence-corrected chi connectivity index (χ3v) is 3.71. The lowest BCUT2D eigenvalue weighted by molar-refractivity contribution is 0.00884. The summed E-state index contributed by atoms with van der Waals surface area (Å²) in [6, 6.07) is 1.85. The van der Waals surface area contributed by atoms with Gasteiger partial charge in [0.15, 0.2) is 0 Å². The summed E-state index contributed by atoms with van der Waals surface area (Å²) in [4.78, 5) is 0. The molecule has 2 atom stereocenters. The molecule has 2 N–H and O–H groups in total. The van der Waals surface area contributed by atoms with Gasteiger partial charge in [-0.3, -0.25) is 0 Å². The molecule has 1 aromatic heterocycles. The number of ether oxygens (including phenoxy) is 1. The average molecular weight is 288 g/mol. The van der Waals surface area contributed by atoms with Crippen molar-refractivity contribution in [1.82, 2.24) is 0 Å². The summed E-state index contributed by atoms with van der Waals surface area (Å²) in [5.74, 6) is 0.843. The van der Waals surface area contributed by atoms with Crippen molar-refractivity contribution < 1.29 is 9.15 Å². The lowest BCUT2D eigenvalue weighted by atomic mass is 10.0. The van der Waals surface area contributed by atoms with Gasteiger partial charge in [-0.05, 0) is 54.1 Å². The number of hydrogen-bond acceptors (Lipinski definition) is 3. The Morgan fingerprint density at radius 2 is 2.38 bits per heavy atom. The standard InChI is InChI=1S/C12H18BrNO2/c13-10-6-8-16-12(10)11(14)5-4-9-3-1-2-7-15-9/h6,8-9,11H,1-5,7,14H2. The Morgan fingerprint density at radius 3 is 3.00 bits per heavy atom. The molecule has 4 heteroatoms. The van der Waals surface area contributed by atoms with E-state index in [1.54, 1.807) is 6.26 Å². The van der Waals surface area contributed by atoms with Gasteiger partial charge in [-0.2, -0.15) is 0 Å². The summed E-state index contributed by atoms with van der Waals surface area (Å²) >= 11 is 3.43. The van der Waals surface area contributed by atoms with Gasteiger partial charge in [0, 0.05) is 6.61 Å². The van der Waals surface area contributed by atoms with Crippen LogP contribution in [0.1, 0.15) is 43.9 Å². The van der Waals surface area contributed by atoms with E-state index < -0.39 is 0 Å². The van der Waals surface area contributed by atoms with Gasteiger partial charge >= 0.3 is 0 Å². The van der Waals surface area contributed by atoms with Crippen LogP contribution in [-0.4, -0.2) is 12.7 Å². The molecule has 1 aromatic rings. The molecule has 0 saturated carbocycles. The van der Waals surface area contributed by atoms with Gasteiger partial charge < -0.3 is 14.9 Å². The van der Waals surface area contributed by atoms with E-state index in [1.165, 1.54) is 19.3 Å². The number of furan rings is 1. The molecule has 2 heterocycles. The fourth-order valence-electron chi connectivity index (χ4n) is 2.10. The van der Waals surface area contributed by atoms with Crippen LogP contribution in [-0.2, 0) is 4.74 Å². The second-order valence-corrected chi connectivity index (χ2v) is 5.16. The van der Waals surface area contributed by atoms with Gasteiger partial charge in [0.25, 0.3) is 0 Å². The molecule has 2 unspecified atom stereocenters. The Kier molecular flexibility index (Phi) is 4.44. The highest BCUT2D eigenvalue weighted by molar-refractivity contribution is 9.10. The lowest BCUT2D eigenvalue weighted by Crippen LogP contribution is -2.21. The average Bonchev–Trinajstić information content (AvgIpc) is 2.74. The van der Waals surface area contributed by atoms with Crippen LogP contribution in [0.3, 0.4) is 0 Å². The molecule has 0 bridgehead atoms. The van der Waals surface area contributed by atoms with Crippen molar-refractivity contribution in [2.45, 2.75) is 44.2 Å². The van der Waals surface area contributed by atoms with Crippen molar-refractivity contribution in [3.63, 3.8) is 0 Å². The topological polar surface area (TPSA) is 48.4 Å². The SMILES string of the molecule is NC(CCC1CCCCO1)c1occc1Br. The van der Waals surface area contributed by atoms with E-state index in [1.807, 2.05) is 6.07 Å². The second-order valence-electron chi connectivity index (χ2n) is 4.31. The smallest absolute Gasteiger partial charge is 0.134 e. The number of nitrogens with two attached hydrogens (primary N) is 1. The molecule has 90 valence electrons. The van der Waals surface area contributed by atoms with Crippen molar-refractivity contribution in [3.8, 4) is 0 Å². The lowest BCUT2D eigenvalue weighted by Gasteiger charge is -2.23. The number of halogens is 1. The monoisotopic (exact) mass is 287 g/mol.